The van der Waals surface area contributed by atoms with Crippen LogP contribution in [0.4, 0.5) is 0 Å². The molecule has 0 unspecified atom stereocenters. The molecule has 0 amide bonds. The van der Waals surface area contributed by atoms with Crippen LogP contribution in [-0.2, 0) is 32.9 Å². The number of benzene rings is 7. The molecular formula is C58H52N3OPt-. The van der Waals surface area contributed by atoms with E-state index in [1.165, 1.54) is 22.3 Å². The van der Waals surface area contributed by atoms with E-state index in [1.54, 1.807) is 0 Å². The summed E-state index contributed by atoms with van der Waals surface area (Å²) < 4.78 is 2.25. The maximum atomic E-state index is 11.8. The number of phenolic OH excluding ortho intramolecular Hbond substituents is 1. The molecule has 316 valence electrons. The number of phenols is 1. The van der Waals surface area contributed by atoms with E-state index in [-0.39, 0.29) is 32.2 Å². The van der Waals surface area contributed by atoms with Crippen LogP contribution in [0.25, 0.3) is 83.9 Å². The molecule has 63 heavy (non-hydrogen) atoms. The summed E-state index contributed by atoms with van der Waals surface area (Å²) in [6, 6.07) is 59.7. The third-order valence-electron chi connectivity index (χ3n) is 11.8. The zero-order valence-electron chi connectivity index (χ0n) is 37.0. The van der Waals surface area contributed by atoms with E-state index in [4.69, 9.17) is 9.97 Å². The second-order valence-corrected chi connectivity index (χ2v) is 18.1. The molecule has 0 aliphatic heterocycles. The number of imidazole rings is 1. The Morgan fingerprint density at radius 3 is 1.95 bits per heavy atom. The molecule has 9 aromatic rings. The molecule has 2 heterocycles. The summed E-state index contributed by atoms with van der Waals surface area (Å²) in [5.41, 5.74) is 18.2. The monoisotopic (exact) mass is 1000 g/mol. The molecule has 5 heteroatoms. The van der Waals surface area contributed by atoms with Gasteiger partial charge < -0.3 is 5.11 Å². The molecule has 0 saturated heterocycles. The van der Waals surface area contributed by atoms with Gasteiger partial charge >= 0.3 is 0 Å². The molecule has 0 spiro atoms. The molecule has 1 N–H and O–H groups in total. The van der Waals surface area contributed by atoms with Crippen molar-refractivity contribution in [2.75, 3.05) is 0 Å². The molecular weight excluding hydrogens is 950 g/mol. The first-order valence-electron chi connectivity index (χ1n) is 21.6. The Bertz CT molecular complexity index is 3070. The van der Waals surface area contributed by atoms with Crippen molar-refractivity contribution < 1.29 is 26.2 Å². The molecule has 4 nitrogen and oxygen atoms in total. The summed E-state index contributed by atoms with van der Waals surface area (Å²) in [5, 5.41) is 11.8. The smallest absolute Gasteiger partial charge is 0.148 e. The Kier molecular flexibility index (Phi) is 12.2. The normalized spacial score (nSPS) is 11.6. The van der Waals surface area contributed by atoms with Crippen molar-refractivity contribution in [1.29, 1.82) is 0 Å². The largest absolute Gasteiger partial charge is 0.507 e. The number of hydrogen-bond donors (Lipinski definition) is 1. The zero-order valence-corrected chi connectivity index (χ0v) is 39.3. The van der Waals surface area contributed by atoms with Gasteiger partial charge in [0.15, 0.2) is 0 Å². The number of hydrogen-bond acceptors (Lipinski definition) is 3. The van der Waals surface area contributed by atoms with Crippen LogP contribution in [0.3, 0.4) is 0 Å². The van der Waals surface area contributed by atoms with E-state index in [2.05, 4.69) is 192 Å². The van der Waals surface area contributed by atoms with Crippen LogP contribution >= 0.6 is 0 Å². The summed E-state index contributed by atoms with van der Waals surface area (Å²) in [5.74, 6) is 1.43. The zero-order chi connectivity index (χ0) is 43.1. The molecule has 0 saturated carbocycles. The van der Waals surface area contributed by atoms with Crippen LogP contribution in [0.2, 0.25) is 0 Å². The van der Waals surface area contributed by atoms with E-state index in [9.17, 15) is 5.11 Å². The number of aromatic hydroxyl groups is 1. The Labute approximate surface area is 386 Å². The standard InChI is InChI=1S/C58H52N3O.Pt/c1-37(2)29-40-21-26-53(50(32-40)44-17-12-9-13-18-44)61-54-20-14-19-49(55(54)60-57(61)51-31-38(3)30-39(4)56(51)62)46-33-47(35-48(34-46)58(5,6)7)52-36-45(27-28-59-52)43-24-22-42(23-25-43)41-15-10-8-11-16-41;/h8-28,30-32,34-37,62H,29H2,1-7H3;/q-1;. The SMILES string of the molecule is Cc1cc(C)c(O)c(-c2nc3c(-c4[c-]c(-c5cc(-c6ccc(-c7ccccc7)cc6)ccn5)cc(C(C)(C)C)c4)cccc3n2-c2ccc(CC(C)C)cc2-c2ccccc2)c1.[Pt]. The number of aryl methyl sites for hydroxylation is 2. The molecule has 7 aromatic carbocycles. The number of rotatable bonds is 9. The topological polar surface area (TPSA) is 50.9 Å². The predicted octanol–water partition coefficient (Wildman–Crippen LogP) is 15.0. The quantitative estimate of drug-likeness (QED) is 0.147. The van der Waals surface area contributed by atoms with Gasteiger partial charge in [0.2, 0.25) is 0 Å². The van der Waals surface area contributed by atoms with Crippen LogP contribution in [-0.4, -0.2) is 19.6 Å². The minimum Gasteiger partial charge on any atom is -0.507 e. The molecule has 0 radical (unpaired) electrons. The third kappa shape index (κ3) is 8.83. The second-order valence-electron chi connectivity index (χ2n) is 18.1. The van der Waals surface area contributed by atoms with Crippen molar-refractivity contribution in [3.63, 3.8) is 0 Å². The maximum absolute atomic E-state index is 11.8. The molecule has 0 atom stereocenters. The van der Waals surface area contributed by atoms with Crippen molar-refractivity contribution in [3.8, 4) is 78.6 Å². The number of pyridine rings is 1. The summed E-state index contributed by atoms with van der Waals surface area (Å²) in [6.45, 7) is 15.3. The fraction of sp³-hybridized carbons (Fsp3) is 0.172. The van der Waals surface area contributed by atoms with Gasteiger partial charge in [0.05, 0.1) is 22.3 Å². The first-order valence-corrected chi connectivity index (χ1v) is 21.6. The molecule has 0 aliphatic rings. The number of aromatic nitrogens is 3. The van der Waals surface area contributed by atoms with Gasteiger partial charge in [-0.1, -0.05) is 161 Å². The van der Waals surface area contributed by atoms with E-state index in [0.29, 0.717) is 17.3 Å². The van der Waals surface area contributed by atoms with Crippen LogP contribution in [0.5, 0.6) is 5.75 Å². The number of fused-ring (bicyclic) bond motifs is 1. The fourth-order valence-corrected chi connectivity index (χ4v) is 8.63. The maximum Gasteiger partial charge on any atom is 0.148 e. The Morgan fingerprint density at radius 2 is 1.27 bits per heavy atom. The first kappa shape index (κ1) is 43.3. The second kappa shape index (κ2) is 17.8. The van der Waals surface area contributed by atoms with E-state index in [0.717, 1.165) is 78.9 Å². The van der Waals surface area contributed by atoms with Crippen LogP contribution in [0.15, 0.2) is 164 Å². The molecule has 0 fully saturated rings. The molecule has 2 aromatic heterocycles. The number of para-hydroxylation sites is 1. The summed E-state index contributed by atoms with van der Waals surface area (Å²) in [4.78, 5) is 10.5. The van der Waals surface area contributed by atoms with Crippen molar-refractivity contribution in [2.24, 2.45) is 5.92 Å². The fourth-order valence-electron chi connectivity index (χ4n) is 8.63. The number of nitrogens with zero attached hydrogens (tertiary/aromatic N) is 3. The minimum atomic E-state index is -0.158. The van der Waals surface area contributed by atoms with Crippen LogP contribution in [0.1, 0.15) is 56.9 Å². The minimum absolute atomic E-state index is 0. The van der Waals surface area contributed by atoms with Crippen molar-refractivity contribution >= 4 is 11.0 Å². The Balaban J connectivity index is 0.00000544. The molecule has 9 rings (SSSR count). The van der Waals surface area contributed by atoms with Gasteiger partial charge in [-0.15, -0.1) is 29.3 Å². The van der Waals surface area contributed by atoms with E-state index >= 15 is 0 Å². The van der Waals surface area contributed by atoms with Crippen LogP contribution in [0, 0.1) is 25.8 Å². The van der Waals surface area contributed by atoms with E-state index < -0.39 is 0 Å². The Morgan fingerprint density at radius 1 is 0.619 bits per heavy atom. The molecule has 0 aliphatic carbocycles. The summed E-state index contributed by atoms with van der Waals surface area (Å²) in [7, 11) is 0. The van der Waals surface area contributed by atoms with Gasteiger partial charge in [0.1, 0.15) is 11.6 Å². The predicted molar refractivity (Wildman–Crippen MR) is 259 cm³/mol. The third-order valence-corrected chi connectivity index (χ3v) is 11.8. The molecule has 0 bridgehead atoms. The first-order chi connectivity index (χ1) is 29.9. The van der Waals surface area contributed by atoms with Gasteiger partial charge in [-0.3, -0.25) is 9.55 Å². The van der Waals surface area contributed by atoms with Crippen molar-refractivity contribution in [2.45, 2.75) is 60.3 Å². The van der Waals surface area contributed by atoms with Gasteiger partial charge in [-0.25, -0.2) is 4.98 Å². The van der Waals surface area contributed by atoms with Gasteiger partial charge in [-0.2, -0.15) is 0 Å². The average Bonchev–Trinajstić information content (AvgIpc) is 3.67. The van der Waals surface area contributed by atoms with Crippen molar-refractivity contribution in [3.05, 3.63) is 192 Å². The van der Waals surface area contributed by atoms with E-state index in [1.807, 2.05) is 31.3 Å². The van der Waals surface area contributed by atoms with Gasteiger partial charge in [-0.05, 0) is 106 Å². The van der Waals surface area contributed by atoms with Crippen molar-refractivity contribution in [1.82, 2.24) is 14.5 Å². The Hall–Kier alpha value is -6.35. The van der Waals surface area contributed by atoms with Crippen LogP contribution < -0.4 is 0 Å². The van der Waals surface area contributed by atoms with Gasteiger partial charge in [0.25, 0.3) is 0 Å². The average molecular weight is 1000 g/mol. The van der Waals surface area contributed by atoms with Gasteiger partial charge in [0, 0.05) is 38.5 Å². The summed E-state index contributed by atoms with van der Waals surface area (Å²) >= 11 is 0. The summed E-state index contributed by atoms with van der Waals surface area (Å²) in [6.07, 6.45) is 2.87.